The summed E-state index contributed by atoms with van der Waals surface area (Å²) in [7, 11) is 0. The Morgan fingerprint density at radius 2 is 1.76 bits per heavy atom. The standard InChI is InChI=1S/C22H19FN4O2/c1-14-11-17(15(2)27(14)19-7-9-24-10-8-19)12-20-21(28)26(22(29)25-20)13-16-3-5-18(23)6-4-16/h3-12H,13H2,1-2H3,(H,25,29). The Kier molecular flexibility index (Phi) is 4.72. The van der Waals surface area contributed by atoms with E-state index < -0.39 is 11.9 Å². The van der Waals surface area contributed by atoms with Crippen LogP contribution in [0.25, 0.3) is 11.8 Å². The van der Waals surface area contributed by atoms with E-state index in [0.717, 1.165) is 27.5 Å². The monoisotopic (exact) mass is 390 g/mol. The molecule has 1 aromatic carbocycles. The van der Waals surface area contributed by atoms with Crippen molar-refractivity contribution in [2.75, 3.05) is 0 Å². The number of rotatable bonds is 4. The van der Waals surface area contributed by atoms with Crippen LogP contribution in [0.4, 0.5) is 9.18 Å². The lowest BCUT2D eigenvalue weighted by molar-refractivity contribution is -0.123. The zero-order valence-electron chi connectivity index (χ0n) is 16.0. The number of pyridine rings is 1. The quantitative estimate of drug-likeness (QED) is 0.545. The summed E-state index contributed by atoms with van der Waals surface area (Å²) < 4.78 is 15.1. The average molecular weight is 390 g/mol. The molecule has 0 aliphatic carbocycles. The highest BCUT2D eigenvalue weighted by molar-refractivity contribution is 6.13. The van der Waals surface area contributed by atoms with Gasteiger partial charge >= 0.3 is 6.03 Å². The largest absolute Gasteiger partial charge is 0.329 e. The SMILES string of the molecule is Cc1cc(C=C2NC(=O)N(Cc3ccc(F)cc3)C2=O)c(C)n1-c1ccncc1. The molecule has 1 aliphatic rings. The van der Waals surface area contributed by atoms with Crippen LogP contribution >= 0.6 is 0 Å². The fourth-order valence-electron chi connectivity index (χ4n) is 3.47. The number of aromatic nitrogens is 2. The normalized spacial score (nSPS) is 15.3. The second-order valence-corrected chi connectivity index (χ2v) is 6.87. The number of nitrogens with one attached hydrogen (secondary N) is 1. The second-order valence-electron chi connectivity index (χ2n) is 6.87. The third-order valence-electron chi connectivity index (χ3n) is 4.91. The van der Waals surface area contributed by atoms with E-state index in [1.54, 1.807) is 30.6 Å². The second kappa shape index (κ2) is 7.35. The zero-order valence-corrected chi connectivity index (χ0v) is 16.0. The first kappa shape index (κ1) is 18.6. The molecule has 1 aliphatic heterocycles. The molecule has 0 radical (unpaired) electrons. The van der Waals surface area contributed by atoms with Gasteiger partial charge in [-0.2, -0.15) is 0 Å². The Hall–Kier alpha value is -3.74. The average Bonchev–Trinajstić information content (AvgIpc) is 3.14. The minimum Gasteiger partial charge on any atom is -0.318 e. The van der Waals surface area contributed by atoms with Gasteiger partial charge in [0.25, 0.3) is 5.91 Å². The Balaban J connectivity index is 1.62. The topological polar surface area (TPSA) is 67.2 Å². The number of nitrogens with zero attached hydrogens (tertiary/aromatic N) is 3. The van der Waals surface area contributed by atoms with Crippen molar-refractivity contribution in [1.29, 1.82) is 0 Å². The van der Waals surface area contributed by atoms with Crippen LogP contribution in [0.15, 0.2) is 60.6 Å². The third kappa shape index (κ3) is 3.54. The van der Waals surface area contributed by atoms with Gasteiger partial charge in [0.2, 0.25) is 0 Å². The van der Waals surface area contributed by atoms with Crippen LogP contribution in [-0.2, 0) is 11.3 Å². The number of hydrogen-bond donors (Lipinski definition) is 1. The number of aryl methyl sites for hydroxylation is 1. The minimum atomic E-state index is -0.492. The van der Waals surface area contributed by atoms with Gasteiger partial charge in [0, 0.05) is 29.5 Å². The van der Waals surface area contributed by atoms with Crippen LogP contribution in [0.5, 0.6) is 0 Å². The summed E-state index contributed by atoms with van der Waals surface area (Å²) in [4.78, 5) is 30.2. The lowest BCUT2D eigenvalue weighted by atomic mass is 10.2. The molecule has 0 saturated carbocycles. The molecular formula is C22H19FN4O2. The van der Waals surface area contributed by atoms with Crippen LogP contribution in [0.1, 0.15) is 22.5 Å². The fourth-order valence-corrected chi connectivity index (χ4v) is 3.47. The minimum absolute atomic E-state index is 0.0817. The van der Waals surface area contributed by atoms with Crippen molar-refractivity contribution in [2.45, 2.75) is 20.4 Å². The van der Waals surface area contributed by atoms with Gasteiger partial charge < -0.3 is 9.88 Å². The van der Waals surface area contributed by atoms with Crippen LogP contribution in [0.2, 0.25) is 0 Å². The molecule has 0 atom stereocenters. The first-order valence-corrected chi connectivity index (χ1v) is 9.12. The summed E-state index contributed by atoms with van der Waals surface area (Å²) in [5.74, 6) is -0.774. The number of urea groups is 1. The molecule has 0 bridgehead atoms. The summed E-state index contributed by atoms with van der Waals surface area (Å²) in [5, 5.41) is 2.63. The van der Waals surface area contributed by atoms with Crippen molar-refractivity contribution in [3.63, 3.8) is 0 Å². The number of carbonyl (C=O) groups excluding carboxylic acids is 2. The van der Waals surface area contributed by atoms with Crippen molar-refractivity contribution < 1.29 is 14.0 Å². The van der Waals surface area contributed by atoms with E-state index in [1.807, 2.05) is 32.0 Å². The van der Waals surface area contributed by atoms with Gasteiger partial charge in [0.1, 0.15) is 11.5 Å². The van der Waals surface area contributed by atoms with Crippen molar-refractivity contribution in [2.24, 2.45) is 0 Å². The summed E-state index contributed by atoms with van der Waals surface area (Å²) in [6.45, 7) is 4.01. The molecule has 1 saturated heterocycles. The highest BCUT2D eigenvalue weighted by Gasteiger charge is 2.33. The molecule has 3 amide bonds. The molecule has 2 aromatic heterocycles. The van der Waals surface area contributed by atoms with E-state index in [1.165, 1.54) is 12.1 Å². The maximum absolute atomic E-state index is 13.1. The van der Waals surface area contributed by atoms with E-state index in [-0.39, 0.29) is 18.1 Å². The van der Waals surface area contributed by atoms with Crippen molar-refractivity contribution in [1.82, 2.24) is 19.8 Å². The molecule has 0 spiro atoms. The maximum atomic E-state index is 13.1. The van der Waals surface area contributed by atoms with Gasteiger partial charge in [0.15, 0.2) is 0 Å². The molecule has 4 rings (SSSR count). The Bertz CT molecular complexity index is 1120. The summed E-state index contributed by atoms with van der Waals surface area (Å²) in [6.07, 6.45) is 5.13. The lowest BCUT2D eigenvalue weighted by Crippen LogP contribution is -2.30. The van der Waals surface area contributed by atoms with Crippen molar-refractivity contribution >= 4 is 18.0 Å². The van der Waals surface area contributed by atoms with Gasteiger partial charge in [0.05, 0.1) is 6.54 Å². The number of hydrogen-bond acceptors (Lipinski definition) is 3. The van der Waals surface area contributed by atoms with E-state index in [2.05, 4.69) is 14.9 Å². The van der Waals surface area contributed by atoms with Gasteiger partial charge in [-0.05, 0) is 61.4 Å². The first-order valence-electron chi connectivity index (χ1n) is 9.12. The maximum Gasteiger partial charge on any atom is 0.329 e. The van der Waals surface area contributed by atoms with E-state index in [0.29, 0.717) is 5.56 Å². The smallest absolute Gasteiger partial charge is 0.318 e. The molecule has 7 heteroatoms. The molecule has 3 heterocycles. The highest BCUT2D eigenvalue weighted by atomic mass is 19.1. The first-order chi connectivity index (χ1) is 13.9. The van der Waals surface area contributed by atoms with E-state index >= 15 is 0 Å². The number of imide groups is 1. The summed E-state index contributed by atoms with van der Waals surface area (Å²) in [6, 6.07) is 11.0. The van der Waals surface area contributed by atoms with Gasteiger partial charge in [-0.15, -0.1) is 0 Å². The Labute approximate surface area is 167 Å². The van der Waals surface area contributed by atoms with Crippen LogP contribution in [0, 0.1) is 19.7 Å². The molecule has 6 nitrogen and oxygen atoms in total. The highest BCUT2D eigenvalue weighted by Crippen LogP contribution is 2.24. The van der Waals surface area contributed by atoms with Crippen molar-refractivity contribution in [3.8, 4) is 5.69 Å². The lowest BCUT2D eigenvalue weighted by Gasteiger charge is -2.11. The number of halogens is 1. The van der Waals surface area contributed by atoms with Crippen LogP contribution in [-0.4, -0.2) is 26.4 Å². The number of benzene rings is 1. The molecule has 146 valence electrons. The molecule has 1 fully saturated rings. The van der Waals surface area contributed by atoms with E-state index in [4.69, 9.17) is 0 Å². The van der Waals surface area contributed by atoms with Crippen molar-refractivity contribution in [3.05, 3.63) is 88.9 Å². The Morgan fingerprint density at radius 3 is 2.45 bits per heavy atom. The summed E-state index contributed by atoms with van der Waals surface area (Å²) >= 11 is 0. The summed E-state index contributed by atoms with van der Waals surface area (Å²) in [5.41, 5.74) is 4.64. The molecule has 0 unspecified atom stereocenters. The zero-order chi connectivity index (χ0) is 20.5. The number of amides is 3. The van der Waals surface area contributed by atoms with Crippen LogP contribution in [0.3, 0.4) is 0 Å². The molecular weight excluding hydrogens is 371 g/mol. The van der Waals surface area contributed by atoms with E-state index in [9.17, 15) is 14.0 Å². The predicted octanol–water partition coefficient (Wildman–Crippen LogP) is 3.72. The van der Waals surface area contributed by atoms with Gasteiger partial charge in [-0.25, -0.2) is 9.18 Å². The predicted molar refractivity (Wildman–Crippen MR) is 106 cm³/mol. The number of carbonyl (C=O) groups is 2. The Morgan fingerprint density at radius 1 is 1.07 bits per heavy atom. The van der Waals surface area contributed by atoms with Crippen LogP contribution < -0.4 is 5.32 Å². The molecule has 3 aromatic rings. The molecule has 29 heavy (non-hydrogen) atoms. The van der Waals surface area contributed by atoms with Gasteiger partial charge in [-0.3, -0.25) is 14.7 Å². The third-order valence-corrected chi connectivity index (χ3v) is 4.91. The fraction of sp³-hybridized carbons (Fsp3) is 0.136. The van der Waals surface area contributed by atoms with Gasteiger partial charge in [-0.1, -0.05) is 12.1 Å². The molecule has 1 N–H and O–H groups in total.